The first-order chi connectivity index (χ1) is 12.9. The molecule has 27 heavy (non-hydrogen) atoms. The molecule has 0 unspecified atom stereocenters. The van der Waals surface area contributed by atoms with Crippen molar-refractivity contribution in [2.75, 3.05) is 37.9 Å². The van der Waals surface area contributed by atoms with Gasteiger partial charge in [0.2, 0.25) is 11.8 Å². The van der Waals surface area contributed by atoms with Gasteiger partial charge in [0.15, 0.2) is 0 Å². The van der Waals surface area contributed by atoms with Crippen LogP contribution in [0.2, 0.25) is 0 Å². The molecule has 2 rings (SSSR count). The Morgan fingerprint density at radius 2 is 1.70 bits per heavy atom. The van der Waals surface area contributed by atoms with Crippen LogP contribution in [0.25, 0.3) is 0 Å². The molecule has 9 nitrogen and oxygen atoms in total. The second-order valence-electron chi connectivity index (χ2n) is 5.77. The van der Waals surface area contributed by atoms with Gasteiger partial charge < -0.3 is 15.4 Å². The average molecular weight is 372 g/mol. The standard InChI is InChI=1S/C18H20N4O5/c1-21(11-17(23)19-13-6-4-3-5-7-13)12-18(24)20-15-9-8-14(27-2)10-16(15)22(25)26/h3-10H,11-12H2,1-2H3,(H,19,23)(H,20,24). The highest BCUT2D eigenvalue weighted by molar-refractivity contribution is 5.96. The Hall–Kier alpha value is -3.46. The van der Waals surface area contributed by atoms with Crippen molar-refractivity contribution in [3.05, 3.63) is 58.6 Å². The van der Waals surface area contributed by atoms with Gasteiger partial charge in [0, 0.05) is 5.69 Å². The number of nitro groups is 1. The molecule has 2 N–H and O–H groups in total. The third-order valence-electron chi connectivity index (χ3n) is 3.56. The molecule has 0 saturated heterocycles. The Morgan fingerprint density at radius 1 is 1.07 bits per heavy atom. The average Bonchev–Trinajstić information content (AvgIpc) is 2.62. The van der Waals surface area contributed by atoms with Crippen molar-refractivity contribution >= 4 is 28.9 Å². The molecular weight excluding hydrogens is 352 g/mol. The molecule has 0 aliphatic carbocycles. The molecular formula is C18H20N4O5. The molecule has 0 bridgehead atoms. The molecule has 0 atom stereocenters. The van der Waals surface area contributed by atoms with Crippen LogP contribution in [-0.4, -0.2) is 48.9 Å². The third kappa shape index (κ3) is 6.08. The summed E-state index contributed by atoms with van der Waals surface area (Å²) >= 11 is 0. The summed E-state index contributed by atoms with van der Waals surface area (Å²) in [7, 11) is 3.00. The third-order valence-corrected chi connectivity index (χ3v) is 3.56. The van der Waals surface area contributed by atoms with Crippen LogP contribution >= 0.6 is 0 Å². The summed E-state index contributed by atoms with van der Waals surface area (Å²) in [4.78, 5) is 36.2. The predicted octanol–water partition coefficient (Wildman–Crippen LogP) is 2.11. The van der Waals surface area contributed by atoms with Gasteiger partial charge in [-0.05, 0) is 31.3 Å². The van der Waals surface area contributed by atoms with Gasteiger partial charge in [0.05, 0.1) is 31.2 Å². The zero-order valence-corrected chi connectivity index (χ0v) is 15.0. The van der Waals surface area contributed by atoms with Gasteiger partial charge in [-0.3, -0.25) is 24.6 Å². The molecule has 0 aliphatic heterocycles. The lowest BCUT2D eigenvalue weighted by atomic mass is 10.2. The van der Waals surface area contributed by atoms with Crippen LogP contribution in [0.15, 0.2) is 48.5 Å². The number of carbonyl (C=O) groups is 2. The van der Waals surface area contributed by atoms with Gasteiger partial charge in [-0.15, -0.1) is 0 Å². The molecule has 0 radical (unpaired) electrons. The molecule has 142 valence electrons. The number of anilines is 2. The quantitative estimate of drug-likeness (QED) is 0.542. The van der Waals surface area contributed by atoms with Gasteiger partial charge in [-0.1, -0.05) is 18.2 Å². The Kier molecular flexibility index (Phi) is 6.84. The van der Waals surface area contributed by atoms with Crippen LogP contribution in [0.1, 0.15) is 0 Å². The van der Waals surface area contributed by atoms with Crippen molar-refractivity contribution < 1.29 is 19.2 Å². The first kappa shape index (κ1) is 19.9. The molecule has 0 aliphatic rings. The fourth-order valence-corrected chi connectivity index (χ4v) is 2.35. The number of hydrogen-bond donors (Lipinski definition) is 2. The van der Waals surface area contributed by atoms with Crippen LogP contribution in [0.4, 0.5) is 17.1 Å². The number of benzene rings is 2. The number of nitrogens with zero attached hydrogens (tertiary/aromatic N) is 2. The number of hydrogen-bond acceptors (Lipinski definition) is 6. The van der Waals surface area contributed by atoms with Gasteiger partial charge in [0.1, 0.15) is 11.4 Å². The SMILES string of the molecule is COc1ccc(NC(=O)CN(C)CC(=O)Nc2ccccc2)c([N+](=O)[O-])c1. The smallest absolute Gasteiger partial charge is 0.296 e. The highest BCUT2D eigenvalue weighted by Gasteiger charge is 2.18. The summed E-state index contributed by atoms with van der Waals surface area (Å²) in [5.74, 6) is -0.431. The van der Waals surface area contributed by atoms with Crippen LogP contribution in [0.3, 0.4) is 0 Å². The van der Waals surface area contributed by atoms with Crippen molar-refractivity contribution in [1.82, 2.24) is 4.90 Å². The van der Waals surface area contributed by atoms with E-state index < -0.39 is 10.8 Å². The molecule has 0 fully saturated rings. The number of ether oxygens (including phenoxy) is 1. The Bertz CT molecular complexity index is 826. The van der Waals surface area contributed by atoms with Crippen LogP contribution in [0.5, 0.6) is 5.75 Å². The van der Waals surface area contributed by atoms with E-state index in [1.807, 2.05) is 6.07 Å². The number of amides is 2. The number of rotatable bonds is 8. The lowest BCUT2D eigenvalue weighted by Gasteiger charge is -2.16. The van der Waals surface area contributed by atoms with E-state index in [1.54, 1.807) is 31.3 Å². The van der Waals surface area contributed by atoms with Crippen LogP contribution in [0, 0.1) is 10.1 Å². The Labute approximate surface area is 156 Å². The van der Waals surface area contributed by atoms with Crippen LogP contribution in [-0.2, 0) is 9.59 Å². The van der Waals surface area contributed by atoms with Crippen molar-refractivity contribution in [3.8, 4) is 5.75 Å². The molecule has 0 heterocycles. The molecule has 2 amide bonds. The predicted molar refractivity (Wildman–Crippen MR) is 101 cm³/mol. The number of para-hydroxylation sites is 1. The maximum Gasteiger partial charge on any atom is 0.296 e. The van der Waals surface area contributed by atoms with Gasteiger partial charge in [-0.2, -0.15) is 0 Å². The number of carbonyl (C=O) groups excluding carboxylic acids is 2. The number of likely N-dealkylation sites (N-methyl/N-ethyl adjacent to an activating group) is 1. The van der Waals surface area contributed by atoms with Gasteiger partial charge in [0.25, 0.3) is 5.69 Å². The normalized spacial score (nSPS) is 10.3. The van der Waals surface area contributed by atoms with E-state index in [9.17, 15) is 19.7 Å². The highest BCUT2D eigenvalue weighted by atomic mass is 16.6. The van der Waals surface area contributed by atoms with Crippen molar-refractivity contribution in [3.63, 3.8) is 0 Å². The maximum atomic E-state index is 12.2. The van der Waals surface area contributed by atoms with E-state index in [0.717, 1.165) is 0 Å². The summed E-state index contributed by atoms with van der Waals surface area (Å²) in [5, 5.41) is 16.4. The van der Waals surface area contributed by atoms with E-state index in [4.69, 9.17) is 4.74 Å². The highest BCUT2D eigenvalue weighted by Crippen LogP contribution is 2.28. The fraction of sp³-hybridized carbons (Fsp3) is 0.222. The summed E-state index contributed by atoms with van der Waals surface area (Å²) in [5.41, 5.74) is 0.453. The van der Waals surface area contributed by atoms with Gasteiger partial charge in [-0.25, -0.2) is 0 Å². The molecule has 9 heteroatoms. The molecule has 2 aromatic carbocycles. The molecule has 0 saturated carbocycles. The van der Waals surface area contributed by atoms with Gasteiger partial charge >= 0.3 is 0 Å². The Morgan fingerprint density at radius 3 is 2.30 bits per heavy atom. The first-order valence-corrected chi connectivity index (χ1v) is 8.04. The second kappa shape index (κ2) is 9.30. The van der Waals surface area contributed by atoms with E-state index in [-0.39, 0.29) is 30.4 Å². The molecule has 0 spiro atoms. The summed E-state index contributed by atoms with van der Waals surface area (Å²) in [6.07, 6.45) is 0. The summed E-state index contributed by atoms with van der Waals surface area (Å²) in [6, 6.07) is 13.1. The Balaban J connectivity index is 1.91. The molecule has 0 aromatic heterocycles. The number of nitrogens with one attached hydrogen (secondary N) is 2. The lowest BCUT2D eigenvalue weighted by Crippen LogP contribution is -2.36. The number of nitro benzene ring substituents is 1. The second-order valence-corrected chi connectivity index (χ2v) is 5.77. The van der Waals surface area contributed by atoms with E-state index in [2.05, 4.69) is 10.6 Å². The maximum absolute atomic E-state index is 12.2. The minimum Gasteiger partial charge on any atom is -0.496 e. The minimum absolute atomic E-state index is 0.00692. The zero-order valence-electron chi connectivity index (χ0n) is 15.0. The first-order valence-electron chi connectivity index (χ1n) is 8.04. The topological polar surface area (TPSA) is 114 Å². The molecule has 2 aromatic rings. The van der Waals surface area contributed by atoms with E-state index in [1.165, 1.54) is 30.2 Å². The van der Waals surface area contributed by atoms with E-state index in [0.29, 0.717) is 11.4 Å². The number of methoxy groups -OCH3 is 1. The van der Waals surface area contributed by atoms with E-state index >= 15 is 0 Å². The lowest BCUT2D eigenvalue weighted by molar-refractivity contribution is -0.384. The monoisotopic (exact) mass is 372 g/mol. The summed E-state index contributed by atoms with van der Waals surface area (Å²) in [6.45, 7) is -0.113. The zero-order chi connectivity index (χ0) is 19.8. The minimum atomic E-state index is -0.602. The fourth-order valence-electron chi connectivity index (χ4n) is 2.35. The van der Waals surface area contributed by atoms with Crippen molar-refractivity contribution in [2.24, 2.45) is 0 Å². The summed E-state index contributed by atoms with van der Waals surface area (Å²) < 4.78 is 4.95. The van der Waals surface area contributed by atoms with Crippen molar-refractivity contribution in [1.29, 1.82) is 0 Å². The van der Waals surface area contributed by atoms with Crippen molar-refractivity contribution in [2.45, 2.75) is 0 Å². The largest absolute Gasteiger partial charge is 0.496 e. The van der Waals surface area contributed by atoms with Crippen LogP contribution < -0.4 is 15.4 Å².